The zero-order valence-electron chi connectivity index (χ0n) is 9.93. The van der Waals surface area contributed by atoms with Gasteiger partial charge in [0.05, 0.1) is 4.92 Å². The van der Waals surface area contributed by atoms with E-state index in [1.807, 2.05) is 0 Å². The van der Waals surface area contributed by atoms with Crippen LogP contribution in [0.5, 0.6) is 0 Å². The van der Waals surface area contributed by atoms with Gasteiger partial charge in [0.2, 0.25) is 11.8 Å². The fraction of sp³-hybridized carbons (Fsp3) is 0.636. The first-order valence-electron chi connectivity index (χ1n) is 6.11. The zero-order valence-corrected chi connectivity index (χ0v) is 9.93. The number of nitrogens with two attached hydrogens (primary N) is 1. The maximum atomic E-state index is 10.9. The van der Waals surface area contributed by atoms with Crippen LogP contribution in [0.3, 0.4) is 0 Å². The van der Waals surface area contributed by atoms with Crippen molar-refractivity contribution in [1.29, 1.82) is 0 Å². The molecular formula is C11H15N5O2. The highest BCUT2D eigenvalue weighted by atomic mass is 16.6. The van der Waals surface area contributed by atoms with Crippen molar-refractivity contribution < 1.29 is 4.92 Å². The van der Waals surface area contributed by atoms with Crippen molar-refractivity contribution in [2.24, 2.45) is 11.3 Å². The monoisotopic (exact) mass is 249 g/mol. The van der Waals surface area contributed by atoms with Crippen molar-refractivity contribution in [3.05, 3.63) is 16.3 Å². The summed E-state index contributed by atoms with van der Waals surface area (Å²) in [5, 5.41) is 14.0. The van der Waals surface area contributed by atoms with Crippen LogP contribution in [0.15, 0.2) is 6.20 Å². The highest BCUT2D eigenvalue weighted by Crippen LogP contribution is 2.61. The molecule has 0 amide bonds. The van der Waals surface area contributed by atoms with Gasteiger partial charge in [-0.3, -0.25) is 10.1 Å². The van der Waals surface area contributed by atoms with Crippen LogP contribution in [0.4, 0.5) is 17.5 Å². The molecule has 0 unspecified atom stereocenters. The number of hydrogen-bond donors (Lipinski definition) is 2. The van der Waals surface area contributed by atoms with Crippen LogP contribution >= 0.6 is 0 Å². The molecule has 1 aromatic rings. The Labute approximate surface area is 104 Å². The third-order valence-electron chi connectivity index (χ3n) is 3.93. The molecule has 2 saturated carbocycles. The SMILES string of the molecule is Nc1ncc([N+](=O)[O-])c(NCC2(C3CC3)CC2)n1. The lowest BCUT2D eigenvalue weighted by Gasteiger charge is -2.15. The number of nitrogens with one attached hydrogen (secondary N) is 1. The van der Waals surface area contributed by atoms with E-state index in [0.717, 1.165) is 18.7 Å². The maximum absolute atomic E-state index is 10.9. The fourth-order valence-corrected chi connectivity index (χ4v) is 2.50. The molecule has 2 fully saturated rings. The molecule has 0 aromatic carbocycles. The topological polar surface area (TPSA) is 107 Å². The van der Waals surface area contributed by atoms with Gasteiger partial charge < -0.3 is 11.1 Å². The van der Waals surface area contributed by atoms with Gasteiger partial charge in [0.25, 0.3) is 0 Å². The minimum atomic E-state index is -0.488. The average Bonchev–Trinajstić information content (AvgIpc) is 3.18. The summed E-state index contributed by atoms with van der Waals surface area (Å²) in [5.41, 5.74) is 5.71. The number of hydrogen-bond acceptors (Lipinski definition) is 6. The minimum absolute atomic E-state index is 0.0550. The number of nitrogens with zero attached hydrogens (tertiary/aromatic N) is 3. The van der Waals surface area contributed by atoms with Gasteiger partial charge in [0, 0.05) is 6.54 Å². The number of aromatic nitrogens is 2. The lowest BCUT2D eigenvalue weighted by Crippen LogP contribution is -2.19. The second-order valence-corrected chi connectivity index (χ2v) is 5.21. The third kappa shape index (κ3) is 1.96. The Morgan fingerprint density at radius 1 is 1.56 bits per heavy atom. The molecule has 0 bridgehead atoms. The largest absolute Gasteiger partial charge is 0.368 e. The second kappa shape index (κ2) is 3.79. The van der Waals surface area contributed by atoms with Crippen LogP contribution in [0.1, 0.15) is 25.7 Å². The molecule has 2 aliphatic rings. The molecule has 3 rings (SSSR count). The third-order valence-corrected chi connectivity index (χ3v) is 3.93. The highest BCUT2D eigenvalue weighted by Gasteiger charge is 2.53. The molecule has 0 aliphatic heterocycles. The average molecular weight is 249 g/mol. The van der Waals surface area contributed by atoms with E-state index in [1.165, 1.54) is 25.7 Å². The Hall–Kier alpha value is -1.92. The van der Waals surface area contributed by atoms with Crippen LogP contribution < -0.4 is 11.1 Å². The minimum Gasteiger partial charge on any atom is -0.368 e. The summed E-state index contributed by atoms with van der Waals surface area (Å²) in [4.78, 5) is 17.9. The van der Waals surface area contributed by atoms with E-state index in [2.05, 4.69) is 15.3 Å². The predicted molar refractivity (Wildman–Crippen MR) is 66.0 cm³/mol. The quantitative estimate of drug-likeness (QED) is 0.605. The Morgan fingerprint density at radius 2 is 2.28 bits per heavy atom. The molecule has 0 atom stereocenters. The van der Waals surface area contributed by atoms with Gasteiger partial charge in [0.15, 0.2) is 0 Å². The van der Waals surface area contributed by atoms with E-state index in [0.29, 0.717) is 5.41 Å². The van der Waals surface area contributed by atoms with Gasteiger partial charge in [-0.1, -0.05) is 0 Å². The van der Waals surface area contributed by atoms with Gasteiger partial charge in [-0.15, -0.1) is 0 Å². The maximum Gasteiger partial charge on any atom is 0.329 e. The summed E-state index contributed by atoms with van der Waals surface area (Å²) in [6.07, 6.45) is 6.14. The summed E-state index contributed by atoms with van der Waals surface area (Å²) in [7, 11) is 0. The molecular weight excluding hydrogens is 234 g/mol. The first-order valence-corrected chi connectivity index (χ1v) is 6.11. The van der Waals surface area contributed by atoms with E-state index in [-0.39, 0.29) is 17.5 Å². The Morgan fingerprint density at radius 3 is 2.83 bits per heavy atom. The first kappa shape index (κ1) is 11.2. The molecule has 3 N–H and O–H groups in total. The lowest BCUT2D eigenvalue weighted by atomic mass is 10.0. The molecule has 96 valence electrons. The summed E-state index contributed by atoms with van der Waals surface area (Å²) in [6.45, 7) is 0.745. The summed E-state index contributed by atoms with van der Waals surface area (Å²) in [5.74, 6) is 1.09. The smallest absolute Gasteiger partial charge is 0.329 e. The predicted octanol–water partition coefficient (Wildman–Crippen LogP) is 1.57. The summed E-state index contributed by atoms with van der Waals surface area (Å²) in [6, 6.07) is 0. The van der Waals surface area contributed by atoms with Crippen LogP contribution in [-0.2, 0) is 0 Å². The summed E-state index contributed by atoms with van der Waals surface area (Å²) >= 11 is 0. The van der Waals surface area contributed by atoms with E-state index in [9.17, 15) is 10.1 Å². The Kier molecular flexibility index (Phi) is 2.36. The number of rotatable bonds is 5. The number of anilines is 2. The number of nitro groups is 1. The molecule has 0 spiro atoms. The van der Waals surface area contributed by atoms with Crippen molar-refractivity contribution in [1.82, 2.24) is 9.97 Å². The molecule has 1 aromatic heterocycles. The van der Waals surface area contributed by atoms with Crippen molar-refractivity contribution in [2.75, 3.05) is 17.6 Å². The Balaban J connectivity index is 1.75. The normalized spacial score (nSPS) is 20.4. The van der Waals surface area contributed by atoms with Gasteiger partial charge in [0.1, 0.15) is 6.20 Å². The molecule has 18 heavy (non-hydrogen) atoms. The zero-order chi connectivity index (χ0) is 12.8. The van der Waals surface area contributed by atoms with Crippen LogP contribution in [-0.4, -0.2) is 21.4 Å². The van der Waals surface area contributed by atoms with E-state index in [1.54, 1.807) is 0 Å². The Bertz CT molecular complexity index is 496. The standard InChI is InChI=1S/C11H15N5O2/c12-10-13-5-8(16(17)18)9(15-10)14-6-11(3-4-11)7-1-2-7/h5,7H,1-4,6H2,(H3,12,13,14,15). The van der Waals surface area contributed by atoms with Crippen molar-refractivity contribution in [3.63, 3.8) is 0 Å². The van der Waals surface area contributed by atoms with Gasteiger partial charge in [-0.2, -0.15) is 4.98 Å². The van der Waals surface area contributed by atoms with Crippen LogP contribution in [0.2, 0.25) is 0 Å². The molecule has 7 nitrogen and oxygen atoms in total. The summed E-state index contributed by atoms with van der Waals surface area (Å²) < 4.78 is 0. The highest BCUT2D eigenvalue weighted by molar-refractivity contribution is 5.56. The van der Waals surface area contributed by atoms with E-state index >= 15 is 0 Å². The number of nitrogen functional groups attached to an aromatic ring is 1. The lowest BCUT2D eigenvalue weighted by molar-refractivity contribution is -0.384. The van der Waals surface area contributed by atoms with E-state index < -0.39 is 4.92 Å². The second-order valence-electron chi connectivity index (χ2n) is 5.21. The van der Waals surface area contributed by atoms with Gasteiger partial charge in [-0.05, 0) is 37.0 Å². The van der Waals surface area contributed by atoms with Gasteiger partial charge >= 0.3 is 5.69 Å². The molecule has 2 aliphatic carbocycles. The van der Waals surface area contributed by atoms with Crippen LogP contribution in [0.25, 0.3) is 0 Å². The van der Waals surface area contributed by atoms with Crippen molar-refractivity contribution >= 4 is 17.5 Å². The molecule has 1 heterocycles. The van der Waals surface area contributed by atoms with E-state index in [4.69, 9.17) is 5.73 Å². The fourth-order valence-electron chi connectivity index (χ4n) is 2.50. The van der Waals surface area contributed by atoms with Crippen molar-refractivity contribution in [2.45, 2.75) is 25.7 Å². The van der Waals surface area contributed by atoms with Gasteiger partial charge in [-0.25, -0.2) is 4.98 Å². The van der Waals surface area contributed by atoms with Crippen molar-refractivity contribution in [3.8, 4) is 0 Å². The molecule has 0 saturated heterocycles. The molecule has 7 heteroatoms. The molecule has 0 radical (unpaired) electrons. The van der Waals surface area contributed by atoms with Crippen LogP contribution in [0, 0.1) is 21.4 Å². The first-order chi connectivity index (χ1) is 8.61.